The van der Waals surface area contributed by atoms with E-state index >= 15 is 0 Å². The summed E-state index contributed by atoms with van der Waals surface area (Å²) in [5.74, 6) is 0.913. The number of ether oxygens (including phenoxy) is 2. The van der Waals surface area contributed by atoms with E-state index in [9.17, 15) is 0 Å². The smallest absolute Gasteiger partial charge is 0.143 e. The molecule has 1 N–H and O–H groups in total. The Kier molecular flexibility index (Phi) is 2.36. The van der Waals surface area contributed by atoms with Crippen molar-refractivity contribution in [2.75, 3.05) is 25.6 Å². The lowest BCUT2D eigenvalue weighted by atomic mass is 10.2. The second-order valence-electron chi connectivity index (χ2n) is 3.07. The second-order valence-corrected chi connectivity index (χ2v) is 3.07. The maximum absolute atomic E-state index is 5.68. The minimum Gasteiger partial charge on any atom is -0.484 e. The molecule has 0 saturated heterocycles. The first-order valence-corrected chi connectivity index (χ1v) is 4.38. The first-order valence-electron chi connectivity index (χ1n) is 4.38. The van der Waals surface area contributed by atoms with Gasteiger partial charge in [0, 0.05) is 7.11 Å². The Labute approximate surface area is 77.7 Å². The number of methoxy groups -OCH3 is 1. The largest absolute Gasteiger partial charge is 0.484 e. The number of rotatable bonds is 2. The third kappa shape index (κ3) is 1.75. The van der Waals surface area contributed by atoms with Gasteiger partial charge in [0.2, 0.25) is 0 Å². The molecule has 3 nitrogen and oxygen atoms in total. The van der Waals surface area contributed by atoms with Crippen molar-refractivity contribution in [2.45, 2.75) is 6.10 Å². The van der Waals surface area contributed by atoms with Crippen LogP contribution in [0.4, 0.5) is 5.69 Å². The maximum atomic E-state index is 5.68. The van der Waals surface area contributed by atoms with Gasteiger partial charge in [0.05, 0.1) is 18.8 Å². The van der Waals surface area contributed by atoms with Crippen LogP contribution in [0.3, 0.4) is 0 Å². The Hall–Kier alpha value is -1.22. The molecule has 1 aliphatic rings. The summed E-state index contributed by atoms with van der Waals surface area (Å²) in [5.41, 5.74) is 1.06. The minimum absolute atomic E-state index is 0.125. The molecule has 1 aromatic carbocycles. The van der Waals surface area contributed by atoms with Gasteiger partial charge in [-0.1, -0.05) is 12.1 Å². The fourth-order valence-electron chi connectivity index (χ4n) is 1.44. The molecule has 0 radical (unpaired) electrons. The molecule has 1 aliphatic heterocycles. The zero-order valence-electron chi connectivity index (χ0n) is 7.62. The van der Waals surface area contributed by atoms with Crippen LogP contribution in [-0.2, 0) is 4.74 Å². The van der Waals surface area contributed by atoms with Crippen LogP contribution in [0.2, 0.25) is 0 Å². The van der Waals surface area contributed by atoms with E-state index in [0.717, 1.165) is 18.0 Å². The van der Waals surface area contributed by atoms with Crippen molar-refractivity contribution >= 4 is 5.69 Å². The monoisotopic (exact) mass is 179 g/mol. The maximum Gasteiger partial charge on any atom is 0.143 e. The molecule has 2 rings (SSSR count). The van der Waals surface area contributed by atoms with Gasteiger partial charge in [0.1, 0.15) is 11.9 Å². The SMILES string of the molecule is COC[C@H]1CNc2ccccc2O1. The van der Waals surface area contributed by atoms with E-state index in [1.807, 2.05) is 24.3 Å². The molecule has 13 heavy (non-hydrogen) atoms. The number of anilines is 1. The van der Waals surface area contributed by atoms with Gasteiger partial charge in [-0.05, 0) is 12.1 Å². The van der Waals surface area contributed by atoms with Crippen LogP contribution in [0.25, 0.3) is 0 Å². The van der Waals surface area contributed by atoms with Gasteiger partial charge in [-0.2, -0.15) is 0 Å². The third-order valence-corrected chi connectivity index (χ3v) is 2.05. The van der Waals surface area contributed by atoms with Gasteiger partial charge < -0.3 is 14.8 Å². The van der Waals surface area contributed by atoms with E-state index in [0.29, 0.717) is 6.61 Å². The third-order valence-electron chi connectivity index (χ3n) is 2.05. The second kappa shape index (κ2) is 3.66. The lowest BCUT2D eigenvalue weighted by Crippen LogP contribution is -2.34. The van der Waals surface area contributed by atoms with Gasteiger partial charge in [0.25, 0.3) is 0 Å². The first-order chi connectivity index (χ1) is 6.40. The van der Waals surface area contributed by atoms with Crippen molar-refractivity contribution in [3.8, 4) is 5.75 Å². The Morgan fingerprint density at radius 1 is 1.54 bits per heavy atom. The molecule has 3 heteroatoms. The van der Waals surface area contributed by atoms with E-state index in [1.54, 1.807) is 7.11 Å². The van der Waals surface area contributed by atoms with Crippen LogP contribution in [0.15, 0.2) is 24.3 Å². The van der Waals surface area contributed by atoms with Crippen LogP contribution >= 0.6 is 0 Å². The van der Waals surface area contributed by atoms with Gasteiger partial charge >= 0.3 is 0 Å². The molecular weight excluding hydrogens is 166 g/mol. The van der Waals surface area contributed by atoms with E-state index in [-0.39, 0.29) is 6.10 Å². The summed E-state index contributed by atoms with van der Waals surface area (Å²) in [6.45, 7) is 1.44. The average molecular weight is 179 g/mol. The summed E-state index contributed by atoms with van der Waals surface area (Å²) < 4.78 is 10.7. The fourth-order valence-corrected chi connectivity index (χ4v) is 1.44. The van der Waals surface area contributed by atoms with Crippen molar-refractivity contribution in [2.24, 2.45) is 0 Å². The minimum atomic E-state index is 0.125. The molecule has 0 spiro atoms. The topological polar surface area (TPSA) is 30.5 Å². The molecule has 0 amide bonds. The van der Waals surface area contributed by atoms with Crippen molar-refractivity contribution in [1.29, 1.82) is 0 Å². The summed E-state index contributed by atoms with van der Waals surface area (Å²) in [6, 6.07) is 7.93. The van der Waals surface area contributed by atoms with E-state index in [4.69, 9.17) is 9.47 Å². The number of fused-ring (bicyclic) bond motifs is 1. The lowest BCUT2D eigenvalue weighted by Gasteiger charge is -2.26. The van der Waals surface area contributed by atoms with Gasteiger partial charge in [-0.15, -0.1) is 0 Å². The number of nitrogens with one attached hydrogen (secondary N) is 1. The highest BCUT2D eigenvalue weighted by atomic mass is 16.5. The summed E-state index contributed by atoms with van der Waals surface area (Å²) in [5, 5.41) is 3.29. The highest BCUT2D eigenvalue weighted by Crippen LogP contribution is 2.27. The number of hydrogen-bond acceptors (Lipinski definition) is 3. The quantitative estimate of drug-likeness (QED) is 0.746. The summed E-state index contributed by atoms with van der Waals surface area (Å²) in [4.78, 5) is 0. The average Bonchev–Trinajstić information content (AvgIpc) is 2.18. The zero-order valence-corrected chi connectivity index (χ0v) is 7.62. The summed E-state index contributed by atoms with van der Waals surface area (Å²) in [7, 11) is 1.68. The molecule has 1 heterocycles. The Morgan fingerprint density at radius 2 is 2.38 bits per heavy atom. The van der Waals surface area contributed by atoms with E-state index in [1.165, 1.54) is 0 Å². The Morgan fingerprint density at radius 3 is 3.23 bits per heavy atom. The van der Waals surface area contributed by atoms with Crippen molar-refractivity contribution < 1.29 is 9.47 Å². The molecule has 0 saturated carbocycles. The first kappa shape index (κ1) is 8.38. The zero-order chi connectivity index (χ0) is 9.10. The highest BCUT2D eigenvalue weighted by Gasteiger charge is 2.17. The Balaban J connectivity index is 2.11. The standard InChI is InChI=1S/C10H13NO2/c1-12-7-8-6-11-9-4-2-3-5-10(9)13-8/h2-5,8,11H,6-7H2,1H3/t8-/m1/s1. The van der Waals surface area contributed by atoms with Crippen LogP contribution < -0.4 is 10.1 Å². The molecule has 0 bridgehead atoms. The van der Waals surface area contributed by atoms with Crippen molar-refractivity contribution in [1.82, 2.24) is 0 Å². The highest BCUT2D eigenvalue weighted by molar-refractivity contribution is 5.57. The molecule has 0 aliphatic carbocycles. The predicted octanol–water partition coefficient (Wildman–Crippen LogP) is 1.51. The molecule has 0 unspecified atom stereocenters. The molecule has 1 atom stereocenters. The predicted molar refractivity (Wildman–Crippen MR) is 51.2 cm³/mol. The molecule has 0 aromatic heterocycles. The molecular formula is C10H13NO2. The Bertz CT molecular complexity index is 288. The van der Waals surface area contributed by atoms with Gasteiger partial charge in [0.15, 0.2) is 0 Å². The normalized spacial score (nSPS) is 19.9. The number of para-hydroxylation sites is 2. The summed E-state index contributed by atoms with van der Waals surface area (Å²) in [6.07, 6.45) is 0.125. The van der Waals surface area contributed by atoms with Crippen LogP contribution in [0, 0.1) is 0 Å². The van der Waals surface area contributed by atoms with Crippen molar-refractivity contribution in [3.05, 3.63) is 24.3 Å². The number of hydrogen-bond donors (Lipinski definition) is 1. The molecule has 1 aromatic rings. The van der Waals surface area contributed by atoms with Gasteiger partial charge in [-0.25, -0.2) is 0 Å². The van der Waals surface area contributed by atoms with E-state index < -0.39 is 0 Å². The van der Waals surface area contributed by atoms with Crippen LogP contribution in [-0.4, -0.2) is 26.4 Å². The lowest BCUT2D eigenvalue weighted by molar-refractivity contribution is 0.0848. The number of benzene rings is 1. The summed E-state index contributed by atoms with van der Waals surface area (Å²) >= 11 is 0. The van der Waals surface area contributed by atoms with Gasteiger partial charge in [-0.3, -0.25) is 0 Å². The van der Waals surface area contributed by atoms with Crippen LogP contribution in [0.5, 0.6) is 5.75 Å². The molecule has 0 fully saturated rings. The van der Waals surface area contributed by atoms with E-state index in [2.05, 4.69) is 5.32 Å². The van der Waals surface area contributed by atoms with Crippen molar-refractivity contribution in [3.63, 3.8) is 0 Å². The van der Waals surface area contributed by atoms with Crippen LogP contribution in [0.1, 0.15) is 0 Å². The molecule has 70 valence electrons. The fraction of sp³-hybridized carbons (Fsp3) is 0.400.